The van der Waals surface area contributed by atoms with Crippen LogP contribution in [0.2, 0.25) is 0 Å². The summed E-state index contributed by atoms with van der Waals surface area (Å²) in [4.78, 5) is 0. The van der Waals surface area contributed by atoms with Crippen molar-refractivity contribution in [3.63, 3.8) is 0 Å². The van der Waals surface area contributed by atoms with Gasteiger partial charge >= 0.3 is 0 Å². The molecule has 0 spiro atoms. The molecule has 2 nitrogen and oxygen atoms in total. The van der Waals surface area contributed by atoms with Gasteiger partial charge in [-0.15, -0.1) is 0 Å². The standard InChI is InChI=1S/C13H18FNO/c1-10-2-3-12(14)13(8-10)16-7-5-11-4-6-15-9-11/h2-3,8,11,15H,4-7,9H2,1H3. The summed E-state index contributed by atoms with van der Waals surface area (Å²) in [5.41, 5.74) is 1.03. The van der Waals surface area contributed by atoms with Crippen molar-refractivity contribution in [1.29, 1.82) is 0 Å². The highest BCUT2D eigenvalue weighted by Gasteiger charge is 2.14. The summed E-state index contributed by atoms with van der Waals surface area (Å²) >= 11 is 0. The van der Waals surface area contributed by atoms with Gasteiger partial charge in [0.1, 0.15) is 0 Å². The fourth-order valence-corrected chi connectivity index (χ4v) is 2.02. The first-order valence-electron chi connectivity index (χ1n) is 5.85. The highest BCUT2D eigenvalue weighted by Crippen LogP contribution is 2.19. The van der Waals surface area contributed by atoms with Gasteiger partial charge in [-0.2, -0.15) is 0 Å². The number of rotatable bonds is 4. The van der Waals surface area contributed by atoms with Crippen molar-refractivity contribution < 1.29 is 9.13 Å². The molecule has 1 aromatic carbocycles. The summed E-state index contributed by atoms with van der Waals surface area (Å²) in [6.45, 7) is 4.71. The number of hydrogen-bond donors (Lipinski definition) is 1. The molecule has 1 N–H and O–H groups in total. The van der Waals surface area contributed by atoms with Gasteiger partial charge in [0.2, 0.25) is 0 Å². The predicted octanol–water partition coefficient (Wildman–Crippen LogP) is 2.51. The summed E-state index contributed by atoms with van der Waals surface area (Å²) in [5, 5.41) is 3.31. The molecule has 1 fully saturated rings. The molecule has 1 heterocycles. The van der Waals surface area contributed by atoms with Crippen LogP contribution in [-0.2, 0) is 0 Å². The third-order valence-electron chi connectivity index (χ3n) is 3.03. The van der Waals surface area contributed by atoms with Crippen molar-refractivity contribution in [2.45, 2.75) is 19.8 Å². The summed E-state index contributed by atoms with van der Waals surface area (Å²) in [7, 11) is 0. The van der Waals surface area contributed by atoms with Gasteiger partial charge in [0.15, 0.2) is 11.6 Å². The van der Waals surface area contributed by atoms with Gasteiger partial charge in [-0.3, -0.25) is 0 Å². The SMILES string of the molecule is Cc1ccc(F)c(OCCC2CCNC2)c1. The van der Waals surface area contributed by atoms with E-state index in [1.165, 1.54) is 12.5 Å². The maximum atomic E-state index is 13.3. The molecule has 0 aliphatic carbocycles. The van der Waals surface area contributed by atoms with Gasteiger partial charge in [-0.05, 0) is 56.5 Å². The summed E-state index contributed by atoms with van der Waals surface area (Å²) < 4.78 is 18.8. The highest BCUT2D eigenvalue weighted by atomic mass is 19.1. The first-order valence-corrected chi connectivity index (χ1v) is 5.85. The number of benzene rings is 1. The van der Waals surface area contributed by atoms with E-state index in [1.807, 2.05) is 6.92 Å². The smallest absolute Gasteiger partial charge is 0.165 e. The monoisotopic (exact) mass is 223 g/mol. The Labute approximate surface area is 95.8 Å². The second-order valence-electron chi connectivity index (χ2n) is 4.43. The van der Waals surface area contributed by atoms with Gasteiger partial charge in [-0.1, -0.05) is 6.07 Å². The molecule has 2 rings (SSSR count). The molecule has 1 atom stereocenters. The molecule has 0 bridgehead atoms. The van der Waals surface area contributed by atoms with E-state index in [0.717, 1.165) is 25.1 Å². The quantitative estimate of drug-likeness (QED) is 0.846. The van der Waals surface area contributed by atoms with Crippen molar-refractivity contribution in [3.05, 3.63) is 29.6 Å². The van der Waals surface area contributed by atoms with E-state index in [2.05, 4.69) is 5.32 Å². The Hall–Kier alpha value is -1.09. The average molecular weight is 223 g/mol. The van der Waals surface area contributed by atoms with Crippen LogP contribution in [0.4, 0.5) is 4.39 Å². The van der Waals surface area contributed by atoms with E-state index in [0.29, 0.717) is 18.3 Å². The zero-order valence-corrected chi connectivity index (χ0v) is 9.63. The zero-order chi connectivity index (χ0) is 11.4. The molecule has 0 amide bonds. The molecule has 0 aromatic heterocycles. The van der Waals surface area contributed by atoms with Crippen molar-refractivity contribution in [2.24, 2.45) is 5.92 Å². The van der Waals surface area contributed by atoms with E-state index in [4.69, 9.17) is 4.74 Å². The molecule has 1 saturated heterocycles. The van der Waals surface area contributed by atoms with E-state index in [1.54, 1.807) is 12.1 Å². The lowest BCUT2D eigenvalue weighted by Crippen LogP contribution is -2.12. The van der Waals surface area contributed by atoms with Gasteiger partial charge in [0, 0.05) is 0 Å². The van der Waals surface area contributed by atoms with Gasteiger partial charge in [-0.25, -0.2) is 4.39 Å². The number of hydrogen-bond acceptors (Lipinski definition) is 2. The minimum absolute atomic E-state index is 0.268. The number of halogens is 1. The maximum Gasteiger partial charge on any atom is 0.165 e. The van der Waals surface area contributed by atoms with Crippen LogP contribution in [0.5, 0.6) is 5.75 Å². The van der Waals surface area contributed by atoms with Crippen molar-refractivity contribution in [1.82, 2.24) is 5.32 Å². The molecule has 3 heteroatoms. The number of nitrogens with one attached hydrogen (secondary N) is 1. The Morgan fingerprint density at radius 3 is 3.12 bits per heavy atom. The van der Waals surface area contributed by atoms with Gasteiger partial charge in [0.05, 0.1) is 6.61 Å². The van der Waals surface area contributed by atoms with E-state index in [9.17, 15) is 4.39 Å². The highest BCUT2D eigenvalue weighted by molar-refractivity contribution is 5.29. The Bertz CT molecular complexity index is 348. The first kappa shape index (κ1) is 11.4. The predicted molar refractivity (Wildman–Crippen MR) is 62.2 cm³/mol. The Morgan fingerprint density at radius 1 is 1.50 bits per heavy atom. The lowest BCUT2D eigenvalue weighted by molar-refractivity contribution is 0.271. The first-order chi connectivity index (χ1) is 7.75. The number of aryl methyl sites for hydroxylation is 1. The largest absolute Gasteiger partial charge is 0.490 e. The molecule has 88 valence electrons. The fraction of sp³-hybridized carbons (Fsp3) is 0.538. The maximum absolute atomic E-state index is 13.3. The Kier molecular flexibility index (Phi) is 3.78. The van der Waals surface area contributed by atoms with Crippen LogP contribution in [0.3, 0.4) is 0 Å². The Morgan fingerprint density at radius 2 is 2.38 bits per heavy atom. The third kappa shape index (κ3) is 2.95. The second kappa shape index (κ2) is 5.30. The molecule has 0 radical (unpaired) electrons. The minimum Gasteiger partial charge on any atom is -0.490 e. The van der Waals surface area contributed by atoms with E-state index >= 15 is 0 Å². The van der Waals surface area contributed by atoms with Crippen LogP contribution in [0.15, 0.2) is 18.2 Å². The van der Waals surface area contributed by atoms with Crippen LogP contribution in [0.25, 0.3) is 0 Å². The minimum atomic E-state index is -0.268. The summed E-state index contributed by atoms with van der Waals surface area (Å²) in [6, 6.07) is 4.97. The number of ether oxygens (including phenoxy) is 1. The lowest BCUT2D eigenvalue weighted by Gasteiger charge is -2.11. The summed E-state index contributed by atoms with van der Waals surface area (Å²) in [6.07, 6.45) is 2.21. The topological polar surface area (TPSA) is 21.3 Å². The lowest BCUT2D eigenvalue weighted by atomic mass is 10.1. The normalized spacial score (nSPS) is 20.0. The molecular formula is C13H18FNO. The van der Waals surface area contributed by atoms with Crippen LogP contribution >= 0.6 is 0 Å². The molecular weight excluding hydrogens is 205 g/mol. The molecule has 1 unspecified atom stereocenters. The molecule has 16 heavy (non-hydrogen) atoms. The van der Waals surface area contributed by atoms with E-state index in [-0.39, 0.29) is 5.82 Å². The second-order valence-corrected chi connectivity index (χ2v) is 4.43. The van der Waals surface area contributed by atoms with Crippen LogP contribution in [-0.4, -0.2) is 19.7 Å². The summed E-state index contributed by atoms with van der Waals surface area (Å²) in [5.74, 6) is 0.800. The molecule has 1 aromatic rings. The zero-order valence-electron chi connectivity index (χ0n) is 9.63. The van der Waals surface area contributed by atoms with Gasteiger partial charge < -0.3 is 10.1 Å². The molecule has 1 aliphatic rings. The average Bonchev–Trinajstić information content (AvgIpc) is 2.76. The Balaban J connectivity index is 1.82. The van der Waals surface area contributed by atoms with Crippen molar-refractivity contribution in [3.8, 4) is 5.75 Å². The van der Waals surface area contributed by atoms with Crippen LogP contribution in [0.1, 0.15) is 18.4 Å². The van der Waals surface area contributed by atoms with E-state index < -0.39 is 0 Å². The molecule has 1 aliphatic heterocycles. The van der Waals surface area contributed by atoms with Crippen LogP contribution in [0, 0.1) is 18.7 Å². The molecule has 0 saturated carbocycles. The fourth-order valence-electron chi connectivity index (χ4n) is 2.02. The van der Waals surface area contributed by atoms with Crippen molar-refractivity contribution in [2.75, 3.05) is 19.7 Å². The van der Waals surface area contributed by atoms with Gasteiger partial charge in [0.25, 0.3) is 0 Å². The van der Waals surface area contributed by atoms with Crippen LogP contribution < -0.4 is 10.1 Å². The third-order valence-corrected chi connectivity index (χ3v) is 3.03. The van der Waals surface area contributed by atoms with Crippen molar-refractivity contribution >= 4 is 0 Å².